The Balaban J connectivity index is 1.58. The molecule has 1 aromatic carbocycles. The first-order valence-electron chi connectivity index (χ1n) is 7.55. The molecule has 1 saturated carbocycles. The number of fused-ring (bicyclic) bond motifs is 1. The summed E-state index contributed by atoms with van der Waals surface area (Å²) in [7, 11) is 0. The van der Waals surface area contributed by atoms with Crippen LogP contribution in [0, 0.1) is 5.92 Å². The second-order valence-electron chi connectivity index (χ2n) is 5.80. The Kier molecular flexibility index (Phi) is 4.51. The Labute approximate surface area is 120 Å². The summed E-state index contributed by atoms with van der Waals surface area (Å²) in [6, 6.07) is 10.9. The van der Waals surface area contributed by atoms with Crippen LogP contribution in [0.3, 0.4) is 0 Å². The fourth-order valence-electron chi connectivity index (χ4n) is 3.39. The molecule has 3 atom stereocenters. The largest absolute Gasteiger partial charge is 0.396 e. The number of nitrogens with zero attached hydrogens (tertiary/aromatic N) is 1. The molecule has 0 aromatic heterocycles. The van der Waals surface area contributed by atoms with Crippen molar-refractivity contribution in [1.29, 1.82) is 0 Å². The molecule has 0 amide bonds. The Hall–Kier alpha value is -1.16. The number of hydrogen-bond acceptors (Lipinski definition) is 3. The molecule has 1 aromatic rings. The van der Waals surface area contributed by atoms with Gasteiger partial charge in [0.15, 0.2) is 0 Å². The van der Waals surface area contributed by atoms with Crippen LogP contribution >= 0.6 is 0 Å². The fraction of sp³-hybridized carbons (Fsp3) is 0.529. The van der Waals surface area contributed by atoms with Crippen LogP contribution in [-0.4, -0.2) is 48.5 Å². The predicted molar refractivity (Wildman–Crippen MR) is 80.4 cm³/mol. The Morgan fingerprint density at radius 1 is 1.25 bits per heavy atom. The monoisotopic (exact) mass is 273 g/mol. The molecule has 1 aliphatic heterocycles. The SMILES string of the molecule is OC[C@H]1C[C@@H]2OCCN(C/C=C/c3ccccc3)[C@H]2C1. The number of hydrogen-bond donors (Lipinski definition) is 1. The quantitative estimate of drug-likeness (QED) is 0.912. The van der Waals surface area contributed by atoms with Crippen LogP contribution in [-0.2, 0) is 4.74 Å². The van der Waals surface area contributed by atoms with Crippen LogP contribution in [0.1, 0.15) is 18.4 Å². The maximum absolute atomic E-state index is 9.34. The minimum absolute atomic E-state index is 0.296. The maximum Gasteiger partial charge on any atom is 0.0734 e. The highest BCUT2D eigenvalue weighted by atomic mass is 16.5. The van der Waals surface area contributed by atoms with E-state index >= 15 is 0 Å². The van der Waals surface area contributed by atoms with Crippen molar-refractivity contribution < 1.29 is 9.84 Å². The third-order valence-corrected chi connectivity index (χ3v) is 4.46. The lowest BCUT2D eigenvalue weighted by Crippen LogP contribution is -2.48. The Morgan fingerprint density at radius 2 is 2.10 bits per heavy atom. The van der Waals surface area contributed by atoms with Gasteiger partial charge in [-0.05, 0) is 24.3 Å². The lowest BCUT2D eigenvalue weighted by Gasteiger charge is -2.36. The maximum atomic E-state index is 9.34. The molecule has 0 radical (unpaired) electrons. The standard InChI is InChI=1S/C17H23NO2/c19-13-15-11-16-17(12-15)20-10-9-18(16)8-4-7-14-5-2-1-3-6-14/h1-7,15-17,19H,8-13H2/b7-4+/t15-,16+,17+/m1/s1. The van der Waals surface area contributed by atoms with E-state index in [9.17, 15) is 5.11 Å². The molecular formula is C17H23NO2. The molecule has 0 bridgehead atoms. The van der Waals surface area contributed by atoms with Gasteiger partial charge in [0.1, 0.15) is 0 Å². The minimum Gasteiger partial charge on any atom is -0.396 e. The van der Waals surface area contributed by atoms with Crippen LogP contribution in [0.5, 0.6) is 0 Å². The first-order chi connectivity index (χ1) is 9.86. The number of morpholine rings is 1. The second kappa shape index (κ2) is 6.53. The van der Waals surface area contributed by atoms with E-state index in [2.05, 4.69) is 41.3 Å². The number of aliphatic hydroxyl groups is 1. The average molecular weight is 273 g/mol. The van der Waals surface area contributed by atoms with Crippen molar-refractivity contribution in [3.8, 4) is 0 Å². The lowest BCUT2D eigenvalue weighted by atomic mass is 10.1. The first kappa shape index (κ1) is 13.8. The fourth-order valence-corrected chi connectivity index (χ4v) is 3.39. The van der Waals surface area contributed by atoms with Crippen LogP contribution in [0.4, 0.5) is 0 Å². The number of ether oxygens (including phenoxy) is 1. The van der Waals surface area contributed by atoms with Crippen molar-refractivity contribution in [3.63, 3.8) is 0 Å². The van der Waals surface area contributed by atoms with Gasteiger partial charge in [0.05, 0.1) is 12.7 Å². The molecule has 3 heteroatoms. The van der Waals surface area contributed by atoms with E-state index in [4.69, 9.17) is 4.74 Å². The summed E-state index contributed by atoms with van der Waals surface area (Å²) in [5.74, 6) is 0.420. The van der Waals surface area contributed by atoms with E-state index in [-0.39, 0.29) is 0 Å². The first-order valence-corrected chi connectivity index (χ1v) is 7.55. The summed E-state index contributed by atoms with van der Waals surface area (Å²) in [5.41, 5.74) is 1.25. The van der Waals surface area contributed by atoms with E-state index in [1.54, 1.807) is 0 Å². The minimum atomic E-state index is 0.296. The second-order valence-corrected chi connectivity index (χ2v) is 5.80. The molecule has 0 unspecified atom stereocenters. The van der Waals surface area contributed by atoms with Gasteiger partial charge < -0.3 is 9.84 Å². The molecule has 2 fully saturated rings. The van der Waals surface area contributed by atoms with E-state index in [0.29, 0.717) is 24.7 Å². The average Bonchev–Trinajstić information content (AvgIpc) is 2.92. The molecule has 1 N–H and O–H groups in total. The van der Waals surface area contributed by atoms with Crippen molar-refractivity contribution >= 4 is 6.08 Å². The van der Waals surface area contributed by atoms with Crippen LogP contribution in [0.2, 0.25) is 0 Å². The summed E-state index contributed by atoms with van der Waals surface area (Å²) in [4.78, 5) is 2.50. The molecule has 108 valence electrons. The highest BCUT2D eigenvalue weighted by Crippen LogP contribution is 2.33. The molecule has 3 nitrogen and oxygen atoms in total. The predicted octanol–water partition coefficient (Wildman–Crippen LogP) is 2.17. The van der Waals surface area contributed by atoms with E-state index in [0.717, 1.165) is 32.5 Å². The summed E-state index contributed by atoms with van der Waals surface area (Å²) in [6.45, 7) is 3.08. The molecule has 2 aliphatic rings. The molecule has 20 heavy (non-hydrogen) atoms. The molecule has 1 saturated heterocycles. The van der Waals surface area contributed by atoms with Crippen molar-refractivity contribution in [2.24, 2.45) is 5.92 Å². The van der Waals surface area contributed by atoms with Crippen LogP contribution < -0.4 is 0 Å². The molecule has 1 heterocycles. The van der Waals surface area contributed by atoms with Gasteiger partial charge in [-0.25, -0.2) is 0 Å². The zero-order valence-corrected chi connectivity index (χ0v) is 11.8. The number of rotatable bonds is 4. The van der Waals surface area contributed by atoms with Gasteiger partial charge in [0.25, 0.3) is 0 Å². The molecule has 0 spiro atoms. The van der Waals surface area contributed by atoms with Crippen molar-refractivity contribution in [1.82, 2.24) is 4.90 Å². The number of aliphatic hydroxyl groups excluding tert-OH is 1. The topological polar surface area (TPSA) is 32.7 Å². The lowest BCUT2D eigenvalue weighted by molar-refractivity contribution is -0.0513. The van der Waals surface area contributed by atoms with Gasteiger partial charge in [-0.2, -0.15) is 0 Å². The summed E-state index contributed by atoms with van der Waals surface area (Å²) >= 11 is 0. The molecule has 3 rings (SSSR count). The van der Waals surface area contributed by atoms with Crippen molar-refractivity contribution in [2.45, 2.75) is 25.0 Å². The van der Waals surface area contributed by atoms with E-state index in [1.807, 2.05) is 6.07 Å². The zero-order valence-electron chi connectivity index (χ0n) is 11.8. The molecular weight excluding hydrogens is 250 g/mol. The smallest absolute Gasteiger partial charge is 0.0734 e. The van der Waals surface area contributed by atoms with Gasteiger partial charge in [0, 0.05) is 25.7 Å². The van der Waals surface area contributed by atoms with Gasteiger partial charge in [0.2, 0.25) is 0 Å². The Bertz CT molecular complexity index is 446. The third-order valence-electron chi connectivity index (χ3n) is 4.46. The normalized spacial score (nSPS) is 30.8. The third kappa shape index (κ3) is 3.11. The Morgan fingerprint density at radius 3 is 2.90 bits per heavy atom. The van der Waals surface area contributed by atoms with Crippen LogP contribution in [0.25, 0.3) is 6.08 Å². The van der Waals surface area contributed by atoms with Crippen molar-refractivity contribution in [3.05, 3.63) is 42.0 Å². The zero-order chi connectivity index (χ0) is 13.8. The summed E-state index contributed by atoms with van der Waals surface area (Å²) in [5, 5.41) is 9.34. The van der Waals surface area contributed by atoms with E-state index < -0.39 is 0 Å². The van der Waals surface area contributed by atoms with Crippen LogP contribution in [0.15, 0.2) is 36.4 Å². The van der Waals surface area contributed by atoms with Gasteiger partial charge in [-0.15, -0.1) is 0 Å². The number of benzene rings is 1. The summed E-state index contributed by atoms with van der Waals surface area (Å²) < 4.78 is 5.85. The van der Waals surface area contributed by atoms with Gasteiger partial charge >= 0.3 is 0 Å². The van der Waals surface area contributed by atoms with Gasteiger partial charge in [-0.1, -0.05) is 42.5 Å². The highest BCUT2D eigenvalue weighted by Gasteiger charge is 2.40. The van der Waals surface area contributed by atoms with Crippen molar-refractivity contribution in [2.75, 3.05) is 26.3 Å². The van der Waals surface area contributed by atoms with Gasteiger partial charge in [-0.3, -0.25) is 4.90 Å². The van der Waals surface area contributed by atoms with E-state index in [1.165, 1.54) is 5.56 Å². The summed E-state index contributed by atoms with van der Waals surface area (Å²) in [6.07, 6.45) is 6.83. The highest BCUT2D eigenvalue weighted by molar-refractivity contribution is 5.48. The molecule has 1 aliphatic carbocycles.